The largest absolute Gasteiger partial charge is 0.490 e. The van der Waals surface area contributed by atoms with Crippen LogP contribution in [0.5, 0.6) is 11.5 Å². The van der Waals surface area contributed by atoms with Gasteiger partial charge in [-0.05, 0) is 74.6 Å². The van der Waals surface area contributed by atoms with Crippen LogP contribution < -0.4 is 35.8 Å². The van der Waals surface area contributed by atoms with Gasteiger partial charge in [-0.1, -0.05) is 11.8 Å². The average molecular weight is 1040 g/mol. The Balaban J connectivity index is 0.985. The Morgan fingerprint density at radius 3 is 2.51 bits per heavy atom. The number of fused-ring (bicyclic) bond motifs is 5. The van der Waals surface area contributed by atoms with Crippen LogP contribution in [0.15, 0.2) is 55.0 Å². The summed E-state index contributed by atoms with van der Waals surface area (Å²) < 4.78 is 63.5. The Morgan fingerprint density at radius 2 is 1.76 bits per heavy atom. The molecule has 23 nitrogen and oxygen atoms in total. The van der Waals surface area contributed by atoms with Gasteiger partial charge in [-0.3, -0.25) is 9.32 Å². The number of phosphoric ester groups is 1. The Hall–Kier alpha value is -5.82. The Labute approximate surface area is 404 Å². The zero-order valence-corrected chi connectivity index (χ0v) is 40.8. The third kappa shape index (κ3) is 10.4. The highest BCUT2D eigenvalue weighted by Crippen LogP contribution is 2.66. The molecule has 0 radical (unpaired) electrons. The van der Waals surface area contributed by atoms with Gasteiger partial charge in [-0.15, -0.1) is 0 Å². The number of nitrogens with one attached hydrogen (secondary N) is 1. The molecule has 1 fully saturated rings. The number of carboxylic acids is 1. The van der Waals surface area contributed by atoms with E-state index in [0.29, 0.717) is 33.6 Å². The first-order chi connectivity index (χ1) is 33.7. The summed E-state index contributed by atoms with van der Waals surface area (Å²) in [6.45, 7) is 6.61. The van der Waals surface area contributed by atoms with E-state index in [2.05, 4.69) is 75.7 Å². The standard InChI is InChI=1S/C45H48N7O16P3/c1-3-50-14-6-9-25-16-31-36(19-33(25)50)65-37-20-34-26(10-7-15-51(34)4-2)17-32(37)41(31)30-18-27(11-12-29(30)45(55)56)44(54)47-13-5-8-28-22-52(43-40(28)42(46)48-24-49-43)39-21-35(53)38(66-39)23-64-70(60,61)68-71(62,63)67-69(57,58)59/h11-12,16-20,22,24,35,38-39,53H,3-4,6-7,9-10,13-15,21,23H2,1-2H3,(H7-,46,47,48,49,54,55,56,57,58,59,60,61,62,63)/p+1/t35-,38+,39+/m0/s1. The number of hydrogen-bond donors (Lipinski definition) is 8. The molecule has 4 aliphatic heterocycles. The molecule has 6 heterocycles. The summed E-state index contributed by atoms with van der Waals surface area (Å²) in [5.41, 5.74) is 12.1. The van der Waals surface area contributed by atoms with E-state index >= 15 is 0 Å². The van der Waals surface area contributed by atoms with Crippen LogP contribution in [0.25, 0.3) is 16.6 Å². The van der Waals surface area contributed by atoms with E-state index < -0.39 is 60.4 Å². The maximum absolute atomic E-state index is 14.0. The second-order valence-electron chi connectivity index (χ2n) is 17.1. The smallest absolute Gasteiger partial charge is 0.478 e. The molecule has 5 aromatic rings. The second kappa shape index (κ2) is 19.7. The lowest BCUT2D eigenvalue weighted by atomic mass is 9.85. The number of carbonyl (C=O) groups excluding carboxylic acids is 1. The van der Waals surface area contributed by atoms with Gasteiger partial charge >= 0.3 is 29.4 Å². The summed E-state index contributed by atoms with van der Waals surface area (Å²) in [5.74, 6) is 5.41. The van der Waals surface area contributed by atoms with Gasteiger partial charge in [0.25, 0.3) is 5.91 Å². The predicted molar refractivity (Wildman–Crippen MR) is 254 cm³/mol. The number of ether oxygens (including phenoxy) is 2. The van der Waals surface area contributed by atoms with Gasteiger partial charge in [0.2, 0.25) is 5.36 Å². The third-order valence-corrected chi connectivity index (χ3v) is 16.4. The average Bonchev–Trinajstić information content (AvgIpc) is 3.88. The van der Waals surface area contributed by atoms with Crippen molar-refractivity contribution in [2.75, 3.05) is 50.0 Å². The Kier molecular flexibility index (Phi) is 13.9. The number of nitrogens with zero attached hydrogens (tertiary/aromatic N) is 5. The van der Waals surface area contributed by atoms with Crippen LogP contribution in [-0.2, 0) is 44.4 Å². The molecule has 1 amide bonds. The minimum Gasteiger partial charge on any atom is -0.478 e. The molecule has 26 heteroatoms. The van der Waals surface area contributed by atoms with Crippen molar-refractivity contribution in [1.82, 2.24) is 24.4 Å². The van der Waals surface area contributed by atoms with Crippen LogP contribution in [0.1, 0.15) is 87.9 Å². The Bertz CT molecular complexity index is 3370. The number of phosphoric acid groups is 3. The summed E-state index contributed by atoms with van der Waals surface area (Å²) in [6, 6.07) is 12.8. The second-order valence-corrected chi connectivity index (χ2v) is 21.5. The summed E-state index contributed by atoms with van der Waals surface area (Å²) in [5, 5.41) is 26.3. The third-order valence-electron chi connectivity index (χ3n) is 12.6. The molecule has 4 aliphatic rings. The lowest BCUT2D eigenvalue weighted by molar-refractivity contribution is -0.0421. The van der Waals surface area contributed by atoms with Crippen molar-refractivity contribution < 1.29 is 75.7 Å². The number of nitrogens with two attached hydrogens (primary N) is 1. The highest BCUT2D eigenvalue weighted by molar-refractivity contribution is 7.66. The van der Waals surface area contributed by atoms with Crippen LogP contribution in [0.2, 0.25) is 0 Å². The number of aryl methyl sites for hydroxylation is 2. The zero-order valence-electron chi connectivity index (χ0n) is 38.1. The van der Waals surface area contributed by atoms with Crippen molar-refractivity contribution in [3.05, 3.63) is 105 Å². The maximum atomic E-state index is 14.0. The fourth-order valence-electron chi connectivity index (χ4n) is 9.52. The molecule has 0 spiro atoms. The number of anilines is 2. The molecule has 0 bridgehead atoms. The molecule has 9 N–H and O–H groups in total. The number of nitrogen functional groups attached to an aromatic ring is 1. The van der Waals surface area contributed by atoms with Crippen molar-refractivity contribution in [2.24, 2.45) is 0 Å². The number of hydrogen-bond acceptors (Lipinski definition) is 15. The predicted octanol–water partition coefficient (Wildman–Crippen LogP) is 3.07. The topological polar surface area (TPSA) is 328 Å². The molecule has 0 aliphatic carbocycles. The molecule has 3 aromatic carbocycles. The molecule has 71 heavy (non-hydrogen) atoms. The van der Waals surface area contributed by atoms with E-state index in [4.69, 9.17) is 25.0 Å². The first-order valence-corrected chi connectivity index (χ1v) is 27.0. The van der Waals surface area contributed by atoms with Gasteiger partial charge in [-0.25, -0.2) is 33.0 Å². The Morgan fingerprint density at radius 1 is 0.972 bits per heavy atom. The number of benzene rings is 3. The van der Waals surface area contributed by atoms with Crippen molar-refractivity contribution in [2.45, 2.75) is 64.4 Å². The number of rotatable bonds is 14. The van der Waals surface area contributed by atoms with E-state index in [9.17, 15) is 43.3 Å². The van der Waals surface area contributed by atoms with E-state index in [1.807, 2.05) is 12.1 Å². The van der Waals surface area contributed by atoms with Crippen LogP contribution in [0.3, 0.4) is 0 Å². The summed E-state index contributed by atoms with van der Waals surface area (Å²) in [7, 11) is -16.9. The SMILES string of the molecule is CCN1CCCc2cc3c(cc21)Oc1cc2c(cc1=C3c1cc(C(=O)NCC#Cc3cn([C@H]4C[C@H](O)[C@@H](COP(=O)(O)OP(=O)(O)OP(=O)(O)O)O4)c4ncnc(N)c34)ccc1C(=O)O)CCC[N+]=2CC. The first-order valence-electron chi connectivity index (χ1n) is 22.5. The molecule has 9 rings (SSSR count). The number of aromatic carboxylic acids is 1. The number of carboxylic acid groups (broad SMARTS) is 1. The molecule has 5 atom stereocenters. The van der Waals surface area contributed by atoms with Crippen LogP contribution in [0.4, 0.5) is 11.5 Å². The van der Waals surface area contributed by atoms with E-state index in [-0.39, 0.29) is 35.6 Å². The lowest BCUT2D eigenvalue weighted by Gasteiger charge is -2.32. The maximum Gasteiger partial charge on any atom is 0.490 e. The van der Waals surface area contributed by atoms with Crippen molar-refractivity contribution in [1.29, 1.82) is 0 Å². The van der Waals surface area contributed by atoms with Crippen LogP contribution in [-0.4, -0.2) is 108 Å². The van der Waals surface area contributed by atoms with Gasteiger partial charge in [0.1, 0.15) is 54.7 Å². The lowest BCUT2D eigenvalue weighted by Crippen LogP contribution is -2.39. The van der Waals surface area contributed by atoms with Gasteiger partial charge in [0.05, 0.1) is 41.8 Å². The molecule has 1 saturated heterocycles. The van der Waals surface area contributed by atoms with E-state index in [1.54, 1.807) is 6.07 Å². The number of amides is 1. The van der Waals surface area contributed by atoms with Crippen molar-refractivity contribution in [3.8, 4) is 23.3 Å². The van der Waals surface area contributed by atoms with Gasteiger partial charge < -0.3 is 59.8 Å². The summed E-state index contributed by atoms with van der Waals surface area (Å²) in [6.07, 6.45) is 2.49. The molecule has 0 saturated carbocycles. The molecular weight excluding hydrogens is 987 g/mol. The van der Waals surface area contributed by atoms with Crippen molar-refractivity contribution >= 4 is 63.5 Å². The highest BCUT2D eigenvalue weighted by atomic mass is 31.3. The summed E-state index contributed by atoms with van der Waals surface area (Å²) >= 11 is 0. The number of aliphatic hydroxyl groups is 1. The fraction of sp³-hybridized carbons (Fsp3) is 0.356. The number of carbonyl (C=O) groups is 2. The highest BCUT2D eigenvalue weighted by Gasteiger charge is 2.43. The van der Waals surface area contributed by atoms with E-state index in [0.717, 1.165) is 84.8 Å². The summed E-state index contributed by atoms with van der Waals surface area (Å²) in [4.78, 5) is 74.6. The molecule has 2 aromatic heterocycles. The normalized spacial score (nSPS) is 20.1. The minimum atomic E-state index is -5.78. The van der Waals surface area contributed by atoms with Crippen molar-refractivity contribution in [3.63, 3.8) is 0 Å². The molecule has 2 unspecified atom stereocenters. The first kappa shape index (κ1) is 50.1. The number of aromatic nitrogens is 3. The zero-order chi connectivity index (χ0) is 50.6. The monoisotopic (exact) mass is 1040 g/mol. The molecular formula is C45H49N7O16P3+. The van der Waals surface area contributed by atoms with Gasteiger partial charge in [0, 0.05) is 71.4 Å². The van der Waals surface area contributed by atoms with E-state index in [1.165, 1.54) is 29.2 Å². The fourth-order valence-corrected chi connectivity index (χ4v) is 12.6. The van der Waals surface area contributed by atoms with Gasteiger partial charge in [-0.2, -0.15) is 8.62 Å². The van der Waals surface area contributed by atoms with Crippen LogP contribution >= 0.6 is 23.5 Å². The van der Waals surface area contributed by atoms with Gasteiger partial charge in [0.15, 0.2) is 0 Å². The molecule has 374 valence electrons. The van der Waals surface area contributed by atoms with Crippen LogP contribution in [0, 0.1) is 11.8 Å². The quantitative estimate of drug-likeness (QED) is 0.0441. The minimum absolute atomic E-state index is 0.0107. The number of aliphatic hydroxyl groups excluding tert-OH is 1.